The van der Waals surface area contributed by atoms with Gasteiger partial charge in [-0.1, -0.05) is 20.3 Å². The van der Waals surface area contributed by atoms with E-state index in [1.54, 1.807) is 0 Å². The van der Waals surface area contributed by atoms with E-state index in [2.05, 4.69) is 13.8 Å². The van der Waals surface area contributed by atoms with E-state index in [0.717, 1.165) is 19.3 Å². The Morgan fingerprint density at radius 3 is 2.24 bits per heavy atom. The van der Waals surface area contributed by atoms with Crippen LogP contribution in [0.4, 0.5) is 0 Å². The Morgan fingerprint density at radius 1 is 1.19 bits per heavy atom. The number of aliphatic carboxylic acids is 1. The lowest BCUT2D eigenvalue weighted by Crippen LogP contribution is -2.34. The zero-order chi connectivity index (χ0) is 15.6. The summed E-state index contributed by atoms with van der Waals surface area (Å²) in [6.45, 7) is 4.58. The summed E-state index contributed by atoms with van der Waals surface area (Å²) in [5, 5.41) is 8.80. The van der Waals surface area contributed by atoms with Crippen LogP contribution >= 0.6 is 0 Å². The molecule has 0 spiro atoms. The molecule has 3 atom stereocenters. The van der Waals surface area contributed by atoms with E-state index in [4.69, 9.17) is 5.11 Å². The van der Waals surface area contributed by atoms with Crippen LogP contribution in [0.2, 0.25) is 0 Å². The topological polar surface area (TPSA) is 74.7 Å². The molecule has 0 aromatic heterocycles. The number of rotatable bonds is 7. The molecule has 1 aliphatic heterocycles. The van der Waals surface area contributed by atoms with Gasteiger partial charge in [0, 0.05) is 13.0 Å². The van der Waals surface area contributed by atoms with Crippen LogP contribution in [-0.4, -0.2) is 34.3 Å². The van der Waals surface area contributed by atoms with Crippen molar-refractivity contribution >= 4 is 17.8 Å². The second kappa shape index (κ2) is 6.58. The average Bonchev–Trinajstić information content (AvgIpc) is 2.96. The first-order chi connectivity index (χ1) is 9.91. The van der Waals surface area contributed by atoms with Gasteiger partial charge in [0.1, 0.15) is 0 Å². The van der Waals surface area contributed by atoms with Crippen LogP contribution in [0.15, 0.2) is 0 Å². The first-order valence-corrected chi connectivity index (χ1v) is 7.98. The Labute approximate surface area is 125 Å². The van der Waals surface area contributed by atoms with E-state index in [1.165, 1.54) is 4.90 Å². The van der Waals surface area contributed by atoms with Gasteiger partial charge in [-0.15, -0.1) is 0 Å². The maximum absolute atomic E-state index is 12.3. The van der Waals surface area contributed by atoms with Crippen LogP contribution in [0.5, 0.6) is 0 Å². The lowest BCUT2D eigenvalue weighted by Gasteiger charge is -2.23. The lowest BCUT2D eigenvalue weighted by molar-refractivity contribution is -0.141. The molecule has 2 rings (SSSR count). The highest BCUT2D eigenvalue weighted by atomic mass is 16.4. The molecule has 3 unspecified atom stereocenters. The van der Waals surface area contributed by atoms with Gasteiger partial charge in [-0.25, -0.2) is 0 Å². The van der Waals surface area contributed by atoms with Gasteiger partial charge in [-0.2, -0.15) is 0 Å². The van der Waals surface area contributed by atoms with Crippen molar-refractivity contribution in [2.75, 3.05) is 6.54 Å². The molecule has 5 heteroatoms. The van der Waals surface area contributed by atoms with E-state index in [1.807, 2.05) is 0 Å². The molecule has 1 heterocycles. The number of carbonyl (C=O) groups excluding carboxylic acids is 2. The smallest absolute Gasteiger partial charge is 0.303 e. The monoisotopic (exact) mass is 295 g/mol. The van der Waals surface area contributed by atoms with E-state index >= 15 is 0 Å². The Bertz CT molecular complexity index is 410. The Hall–Kier alpha value is -1.39. The number of hydrogen-bond donors (Lipinski definition) is 1. The summed E-state index contributed by atoms with van der Waals surface area (Å²) < 4.78 is 0. The van der Waals surface area contributed by atoms with Gasteiger partial charge in [-0.05, 0) is 37.5 Å². The molecule has 1 N–H and O–H groups in total. The number of amides is 2. The molecule has 2 aliphatic rings. The van der Waals surface area contributed by atoms with Crippen molar-refractivity contribution in [3.05, 3.63) is 0 Å². The van der Waals surface area contributed by atoms with Crippen molar-refractivity contribution in [3.8, 4) is 0 Å². The molecule has 0 aromatic rings. The molecular weight excluding hydrogens is 270 g/mol. The maximum atomic E-state index is 12.3. The maximum Gasteiger partial charge on any atom is 0.303 e. The number of likely N-dealkylation sites (tertiary alicyclic amines) is 1. The molecule has 5 nitrogen and oxygen atoms in total. The third kappa shape index (κ3) is 3.44. The molecule has 1 aliphatic carbocycles. The van der Waals surface area contributed by atoms with Gasteiger partial charge in [0.05, 0.1) is 11.8 Å². The van der Waals surface area contributed by atoms with Crippen LogP contribution in [0.3, 0.4) is 0 Å². The second-order valence-electron chi connectivity index (χ2n) is 6.70. The number of fused-ring (bicyclic) bond motifs is 1. The summed E-state index contributed by atoms with van der Waals surface area (Å²) >= 11 is 0. The van der Waals surface area contributed by atoms with Crippen LogP contribution in [0, 0.1) is 23.7 Å². The summed E-state index contributed by atoms with van der Waals surface area (Å²) in [4.78, 5) is 36.7. The molecular formula is C16H25NO4. The van der Waals surface area contributed by atoms with Gasteiger partial charge in [-0.3, -0.25) is 19.3 Å². The normalized spacial score (nSPS) is 26.5. The Morgan fingerprint density at radius 2 is 1.76 bits per heavy atom. The van der Waals surface area contributed by atoms with Gasteiger partial charge < -0.3 is 5.11 Å². The standard InChI is InChI=1S/C16H25NO4/c1-10(2)11(6-7-14(18)19)8-9-17-15(20)12-4-3-5-13(12)16(17)21/h10-13H,3-9H2,1-2H3,(H,18,19). The van der Waals surface area contributed by atoms with Crippen LogP contribution in [-0.2, 0) is 14.4 Å². The second-order valence-corrected chi connectivity index (χ2v) is 6.70. The van der Waals surface area contributed by atoms with Crippen molar-refractivity contribution in [1.82, 2.24) is 4.90 Å². The molecule has 21 heavy (non-hydrogen) atoms. The predicted octanol–water partition coefficient (Wildman–Crippen LogP) is 2.30. The predicted molar refractivity (Wildman–Crippen MR) is 77.4 cm³/mol. The first kappa shape index (κ1) is 16.0. The fraction of sp³-hybridized carbons (Fsp3) is 0.812. The minimum atomic E-state index is -0.788. The number of carboxylic acids is 1. The minimum absolute atomic E-state index is 0.00300. The first-order valence-electron chi connectivity index (χ1n) is 7.98. The highest BCUT2D eigenvalue weighted by Gasteiger charge is 2.49. The SMILES string of the molecule is CC(C)C(CCC(=O)O)CCN1C(=O)C2CCCC2C1=O. The van der Waals surface area contributed by atoms with Crippen LogP contribution in [0.1, 0.15) is 52.4 Å². The number of carboxylic acid groups (broad SMARTS) is 1. The average molecular weight is 295 g/mol. The summed E-state index contributed by atoms with van der Waals surface area (Å²) in [5.41, 5.74) is 0. The summed E-state index contributed by atoms with van der Waals surface area (Å²) in [5.74, 6) is -0.336. The van der Waals surface area contributed by atoms with Crippen LogP contribution < -0.4 is 0 Å². The zero-order valence-corrected chi connectivity index (χ0v) is 12.9. The van der Waals surface area contributed by atoms with E-state index in [0.29, 0.717) is 25.3 Å². The Kier molecular flexibility index (Phi) is 5.01. The summed E-state index contributed by atoms with van der Waals surface area (Å²) in [6.07, 6.45) is 4.14. The number of imide groups is 1. The zero-order valence-electron chi connectivity index (χ0n) is 12.9. The third-order valence-corrected chi connectivity index (χ3v) is 5.08. The minimum Gasteiger partial charge on any atom is -0.481 e. The van der Waals surface area contributed by atoms with Crippen molar-refractivity contribution in [1.29, 1.82) is 0 Å². The van der Waals surface area contributed by atoms with E-state index in [9.17, 15) is 14.4 Å². The molecule has 118 valence electrons. The van der Waals surface area contributed by atoms with E-state index < -0.39 is 5.97 Å². The van der Waals surface area contributed by atoms with Gasteiger partial charge in [0.2, 0.25) is 11.8 Å². The lowest BCUT2D eigenvalue weighted by atomic mass is 9.88. The molecule has 0 radical (unpaired) electrons. The number of carbonyl (C=O) groups is 3. The molecule has 1 saturated heterocycles. The van der Waals surface area contributed by atoms with E-state index in [-0.39, 0.29) is 36.0 Å². The quantitative estimate of drug-likeness (QED) is 0.731. The van der Waals surface area contributed by atoms with Crippen molar-refractivity contribution in [3.63, 3.8) is 0 Å². The largest absolute Gasteiger partial charge is 0.481 e. The summed E-state index contributed by atoms with van der Waals surface area (Å²) in [7, 11) is 0. The van der Waals surface area contributed by atoms with Gasteiger partial charge >= 0.3 is 5.97 Å². The van der Waals surface area contributed by atoms with Gasteiger partial charge in [0.25, 0.3) is 0 Å². The van der Waals surface area contributed by atoms with Crippen molar-refractivity contribution < 1.29 is 19.5 Å². The highest BCUT2D eigenvalue weighted by Crippen LogP contribution is 2.40. The van der Waals surface area contributed by atoms with Crippen molar-refractivity contribution in [2.45, 2.75) is 52.4 Å². The van der Waals surface area contributed by atoms with Crippen LogP contribution in [0.25, 0.3) is 0 Å². The molecule has 1 saturated carbocycles. The molecule has 0 bridgehead atoms. The fourth-order valence-corrected chi connectivity index (χ4v) is 3.70. The third-order valence-electron chi connectivity index (χ3n) is 5.08. The molecule has 2 fully saturated rings. The highest BCUT2D eigenvalue weighted by molar-refractivity contribution is 6.05. The van der Waals surface area contributed by atoms with Crippen molar-refractivity contribution in [2.24, 2.45) is 23.7 Å². The molecule has 0 aromatic carbocycles. The summed E-state index contributed by atoms with van der Waals surface area (Å²) in [6, 6.07) is 0. The Balaban J connectivity index is 1.90. The van der Waals surface area contributed by atoms with Gasteiger partial charge in [0.15, 0.2) is 0 Å². The molecule has 2 amide bonds. The number of hydrogen-bond acceptors (Lipinski definition) is 3. The number of nitrogens with zero attached hydrogens (tertiary/aromatic N) is 1. The fourth-order valence-electron chi connectivity index (χ4n) is 3.70.